The average Bonchev–Trinajstić information content (AvgIpc) is 1.61. The van der Waals surface area contributed by atoms with Crippen molar-refractivity contribution in [2.75, 3.05) is 0 Å². The summed E-state index contributed by atoms with van der Waals surface area (Å²) in [6.07, 6.45) is 2.48. The molecule has 0 heteroatoms. The lowest BCUT2D eigenvalue weighted by Crippen LogP contribution is -1.85. The Morgan fingerprint density at radius 1 is 1.30 bits per heavy atom. The molecule has 0 N–H and O–H groups in total. The Morgan fingerprint density at radius 2 is 1.70 bits per heavy atom. The molecule has 0 atom stereocenters. The van der Waals surface area contributed by atoms with Crippen molar-refractivity contribution in [2.24, 2.45) is 5.92 Å². The highest BCUT2D eigenvalue weighted by Gasteiger charge is 1.91. The first-order valence-corrected chi connectivity index (χ1v) is 3.27. The monoisotopic (exact) mass is 144 g/mol. The second-order valence-electron chi connectivity index (χ2n) is 2.89. The van der Waals surface area contributed by atoms with Crippen molar-refractivity contribution < 1.29 is 0 Å². The molecule has 0 amide bonds. The Morgan fingerprint density at radius 3 is 1.80 bits per heavy atom. The molecule has 0 rings (SSSR count). The molecule has 0 aliphatic rings. The van der Waals surface area contributed by atoms with Crippen LogP contribution < -0.4 is 0 Å². The van der Waals surface area contributed by atoms with Crippen LogP contribution in [0.2, 0.25) is 0 Å². The number of allylic oxidation sites excluding steroid dienone is 1. The standard InChI is InChI=1S/C8H16.2CH4/c1-7(2)5-6-8(3)4;;/h8H,1,5-6H2,2-4H3;2*1H4. The lowest BCUT2D eigenvalue weighted by atomic mass is 10.1. The zero-order valence-electron chi connectivity index (χ0n) is 6.20. The van der Waals surface area contributed by atoms with Crippen molar-refractivity contribution in [1.82, 2.24) is 0 Å². The minimum absolute atomic E-state index is 0. The van der Waals surface area contributed by atoms with Crippen LogP contribution in [0, 0.1) is 5.92 Å². The van der Waals surface area contributed by atoms with E-state index in [1.807, 2.05) is 0 Å². The average molecular weight is 144 g/mol. The Balaban J connectivity index is -0.000000245. The molecule has 0 unspecified atom stereocenters. The van der Waals surface area contributed by atoms with E-state index >= 15 is 0 Å². The molecule has 0 aliphatic heterocycles. The van der Waals surface area contributed by atoms with Crippen LogP contribution in [0.25, 0.3) is 0 Å². The van der Waals surface area contributed by atoms with Crippen molar-refractivity contribution in [3.63, 3.8) is 0 Å². The van der Waals surface area contributed by atoms with Crippen LogP contribution in [0.5, 0.6) is 0 Å². The molecule has 0 fully saturated rings. The number of hydrogen-bond acceptors (Lipinski definition) is 0. The third kappa shape index (κ3) is 15.6. The molecular weight excluding hydrogens is 120 g/mol. The van der Waals surface area contributed by atoms with Gasteiger partial charge in [0, 0.05) is 0 Å². The van der Waals surface area contributed by atoms with E-state index in [4.69, 9.17) is 0 Å². The summed E-state index contributed by atoms with van der Waals surface area (Å²) in [6, 6.07) is 0. The number of hydrogen-bond donors (Lipinski definition) is 0. The summed E-state index contributed by atoms with van der Waals surface area (Å²) in [5.74, 6) is 0.826. The summed E-state index contributed by atoms with van der Waals surface area (Å²) >= 11 is 0. The van der Waals surface area contributed by atoms with Crippen molar-refractivity contribution in [1.29, 1.82) is 0 Å². The van der Waals surface area contributed by atoms with Gasteiger partial charge < -0.3 is 0 Å². The van der Waals surface area contributed by atoms with Crippen LogP contribution >= 0.6 is 0 Å². The van der Waals surface area contributed by atoms with Gasteiger partial charge in [-0.2, -0.15) is 0 Å². The van der Waals surface area contributed by atoms with Crippen LogP contribution in [0.1, 0.15) is 48.5 Å². The summed E-state index contributed by atoms with van der Waals surface area (Å²) < 4.78 is 0. The highest BCUT2D eigenvalue weighted by atomic mass is 14.0. The molecule has 0 spiro atoms. The third-order valence-electron chi connectivity index (χ3n) is 1.15. The Hall–Kier alpha value is -0.260. The van der Waals surface area contributed by atoms with Crippen molar-refractivity contribution in [3.8, 4) is 0 Å². The fourth-order valence-electron chi connectivity index (χ4n) is 0.535. The molecule has 0 saturated heterocycles. The van der Waals surface area contributed by atoms with E-state index in [1.165, 1.54) is 18.4 Å². The van der Waals surface area contributed by atoms with Gasteiger partial charge in [0.05, 0.1) is 0 Å². The van der Waals surface area contributed by atoms with Crippen LogP contribution in [0.15, 0.2) is 12.2 Å². The SMILES string of the molecule is C.C.C=C(C)CCC(C)C. The van der Waals surface area contributed by atoms with Crippen LogP contribution in [0.3, 0.4) is 0 Å². The van der Waals surface area contributed by atoms with E-state index in [0.29, 0.717) is 0 Å². The summed E-state index contributed by atoms with van der Waals surface area (Å²) in [5, 5.41) is 0. The maximum absolute atomic E-state index is 3.83. The first-order valence-electron chi connectivity index (χ1n) is 3.27. The van der Waals surface area contributed by atoms with Gasteiger partial charge in [-0.3, -0.25) is 0 Å². The smallest absolute Gasteiger partial charge is 0.0323 e. The predicted octanol–water partition coefficient (Wildman–Crippen LogP) is 4.27. The van der Waals surface area contributed by atoms with Gasteiger partial charge in [-0.25, -0.2) is 0 Å². The largest absolute Gasteiger partial charge is 0.100 e. The second kappa shape index (κ2) is 8.74. The molecule has 0 aliphatic carbocycles. The maximum atomic E-state index is 3.83. The molecule has 0 heterocycles. The molecule has 0 nitrogen and oxygen atoms in total. The fourth-order valence-corrected chi connectivity index (χ4v) is 0.535. The maximum Gasteiger partial charge on any atom is -0.0323 e. The summed E-state index contributed by atoms with van der Waals surface area (Å²) in [6.45, 7) is 10.4. The van der Waals surface area contributed by atoms with Crippen molar-refractivity contribution >= 4 is 0 Å². The van der Waals surface area contributed by atoms with E-state index in [9.17, 15) is 0 Å². The third-order valence-corrected chi connectivity index (χ3v) is 1.15. The summed E-state index contributed by atoms with van der Waals surface area (Å²) in [7, 11) is 0. The van der Waals surface area contributed by atoms with Gasteiger partial charge in [0.1, 0.15) is 0 Å². The van der Waals surface area contributed by atoms with Crippen LogP contribution in [-0.4, -0.2) is 0 Å². The topological polar surface area (TPSA) is 0 Å². The van der Waals surface area contributed by atoms with E-state index in [2.05, 4.69) is 27.4 Å². The summed E-state index contributed by atoms with van der Waals surface area (Å²) in [4.78, 5) is 0. The van der Waals surface area contributed by atoms with Crippen LogP contribution in [0.4, 0.5) is 0 Å². The van der Waals surface area contributed by atoms with Gasteiger partial charge in [-0.1, -0.05) is 34.3 Å². The fraction of sp³-hybridized carbons (Fsp3) is 0.800. The predicted molar refractivity (Wildman–Crippen MR) is 52.3 cm³/mol. The molecule has 0 aromatic carbocycles. The second-order valence-corrected chi connectivity index (χ2v) is 2.89. The minimum Gasteiger partial charge on any atom is -0.100 e. The molecule has 0 aromatic rings. The van der Waals surface area contributed by atoms with Gasteiger partial charge in [-0.15, -0.1) is 6.58 Å². The van der Waals surface area contributed by atoms with E-state index in [-0.39, 0.29) is 14.9 Å². The van der Waals surface area contributed by atoms with Gasteiger partial charge in [0.15, 0.2) is 0 Å². The Kier molecular flexibility index (Phi) is 14.3. The normalized spacial score (nSPS) is 8.00. The van der Waals surface area contributed by atoms with Gasteiger partial charge >= 0.3 is 0 Å². The lowest BCUT2D eigenvalue weighted by molar-refractivity contribution is 0.585. The molecule has 0 bridgehead atoms. The first-order chi connectivity index (χ1) is 3.63. The van der Waals surface area contributed by atoms with Crippen LogP contribution in [-0.2, 0) is 0 Å². The van der Waals surface area contributed by atoms with E-state index in [1.54, 1.807) is 0 Å². The van der Waals surface area contributed by atoms with Gasteiger partial charge in [0.2, 0.25) is 0 Å². The lowest BCUT2D eigenvalue weighted by Gasteiger charge is -2.01. The van der Waals surface area contributed by atoms with Crippen molar-refractivity contribution in [3.05, 3.63) is 12.2 Å². The minimum atomic E-state index is 0. The quantitative estimate of drug-likeness (QED) is 0.519. The molecular formula is C10H24. The highest BCUT2D eigenvalue weighted by molar-refractivity contribution is 4.87. The molecule has 0 radical (unpaired) electrons. The van der Waals surface area contributed by atoms with Gasteiger partial charge in [-0.05, 0) is 25.7 Å². The van der Waals surface area contributed by atoms with Crippen molar-refractivity contribution in [2.45, 2.75) is 48.5 Å². The van der Waals surface area contributed by atoms with E-state index in [0.717, 1.165) is 5.92 Å². The Labute approximate surface area is 67.3 Å². The Bertz CT molecular complexity index is 70.1. The molecule has 64 valence electrons. The highest BCUT2D eigenvalue weighted by Crippen LogP contribution is 2.07. The first kappa shape index (κ1) is 16.4. The zero-order valence-corrected chi connectivity index (χ0v) is 6.20. The molecule has 0 saturated carbocycles. The number of rotatable bonds is 3. The summed E-state index contributed by atoms with van der Waals surface area (Å²) in [5.41, 5.74) is 1.30. The van der Waals surface area contributed by atoms with Gasteiger partial charge in [0.25, 0.3) is 0 Å². The molecule has 0 aromatic heterocycles. The molecule has 10 heavy (non-hydrogen) atoms. The van der Waals surface area contributed by atoms with E-state index < -0.39 is 0 Å². The zero-order chi connectivity index (χ0) is 6.57.